The van der Waals surface area contributed by atoms with E-state index in [1.54, 1.807) is 0 Å². The number of rotatable bonds is 47. The van der Waals surface area contributed by atoms with Crippen molar-refractivity contribution in [2.45, 2.75) is 252 Å². The van der Waals surface area contributed by atoms with Gasteiger partial charge in [-0.25, -0.2) is 0 Å². The van der Waals surface area contributed by atoms with Gasteiger partial charge < -0.3 is 14.2 Å². The molecule has 0 aromatic heterocycles. The molecule has 0 heterocycles. The first-order chi connectivity index (χ1) is 31.5. The van der Waals surface area contributed by atoms with Crippen LogP contribution in [0.1, 0.15) is 245 Å². The molecule has 0 saturated carbocycles. The Bertz CT molecular complexity index is 1250. The second-order valence-corrected chi connectivity index (χ2v) is 17.4. The zero-order valence-corrected chi connectivity index (χ0v) is 41.8. The lowest BCUT2D eigenvalue weighted by Crippen LogP contribution is -2.30. The second-order valence-electron chi connectivity index (χ2n) is 17.4. The monoisotopic (exact) mass is 891 g/mol. The first kappa shape index (κ1) is 60.6. The highest BCUT2D eigenvalue weighted by Gasteiger charge is 2.19. The fourth-order valence-corrected chi connectivity index (χ4v) is 7.15. The molecule has 0 aliphatic carbocycles. The summed E-state index contributed by atoms with van der Waals surface area (Å²) in [5.41, 5.74) is 0. The van der Waals surface area contributed by atoms with Crippen LogP contribution in [0, 0.1) is 0 Å². The molecule has 64 heavy (non-hydrogen) atoms. The minimum Gasteiger partial charge on any atom is -0.462 e. The lowest BCUT2D eigenvalue weighted by atomic mass is 10.1. The molecule has 1 atom stereocenters. The van der Waals surface area contributed by atoms with Crippen LogP contribution < -0.4 is 0 Å². The fourth-order valence-electron chi connectivity index (χ4n) is 7.15. The van der Waals surface area contributed by atoms with Gasteiger partial charge in [0, 0.05) is 19.3 Å². The Morgan fingerprint density at radius 2 is 0.609 bits per heavy atom. The minimum atomic E-state index is -0.780. The average Bonchev–Trinajstić information content (AvgIpc) is 3.29. The zero-order valence-electron chi connectivity index (χ0n) is 41.8. The topological polar surface area (TPSA) is 78.9 Å². The Kier molecular flexibility index (Phi) is 49.4. The third-order valence-electron chi connectivity index (χ3n) is 11.1. The average molecular weight is 891 g/mol. The number of carbonyl (C=O) groups excluding carboxylic acids is 3. The normalized spacial score (nSPS) is 12.7. The fraction of sp³-hybridized carbons (Fsp3) is 0.707. The highest BCUT2D eigenvalue weighted by molar-refractivity contribution is 5.71. The van der Waals surface area contributed by atoms with Crippen molar-refractivity contribution >= 4 is 17.9 Å². The molecule has 0 bridgehead atoms. The van der Waals surface area contributed by atoms with Gasteiger partial charge in [-0.3, -0.25) is 14.4 Å². The molecule has 6 heteroatoms. The van der Waals surface area contributed by atoms with Gasteiger partial charge in [0.25, 0.3) is 0 Å². The molecule has 0 spiro atoms. The Hall–Kier alpha value is -3.41. The summed E-state index contributed by atoms with van der Waals surface area (Å²) < 4.78 is 16.7. The number of hydrogen-bond donors (Lipinski definition) is 0. The van der Waals surface area contributed by atoms with Crippen LogP contribution >= 0.6 is 0 Å². The number of unbranched alkanes of at least 4 members (excludes halogenated alkanes) is 22. The van der Waals surface area contributed by atoms with Crippen molar-refractivity contribution in [2.24, 2.45) is 0 Å². The van der Waals surface area contributed by atoms with Crippen LogP contribution in [-0.2, 0) is 28.6 Å². The Morgan fingerprint density at radius 3 is 1.00 bits per heavy atom. The van der Waals surface area contributed by atoms with Gasteiger partial charge in [0.05, 0.1) is 0 Å². The van der Waals surface area contributed by atoms with Crippen LogP contribution in [0.3, 0.4) is 0 Å². The molecule has 0 radical (unpaired) electrons. The molecule has 0 amide bonds. The van der Waals surface area contributed by atoms with Crippen LogP contribution in [0.4, 0.5) is 0 Å². The van der Waals surface area contributed by atoms with Gasteiger partial charge in [-0.2, -0.15) is 0 Å². The van der Waals surface area contributed by atoms with E-state index in [4.69, 9.17) is 14.2 Å². The lowest BCUT2D eigenvalue weighted by Gasteiger charge is -2.18. The zero-order chi connectivity index (χ0) is 46.5. The van der Waals surface area contributed by atoms with Crippen molar-refractivity contribution in [3.05, 3.63) is 85.1 Å². The molecule has 0 N–H and O–H groups in total. The Morgan fingerprint density at radius 1 is 0.328 bits per heavy atom. The number of ether oxygens (including phenoxy) is 3. The molecule has 0 aromatic rings. The van der Waals surface area contributed by atoms with E-state index in [0.717, 1.165) is 116 Å². The summed E-state index contributed by atoms with van der Waals surface area (Å²) >= 11 is 0. The van der Waals surface area contributed by atoms with Crippen LogP contribution in [0.2, 0.25) is 0 Å². The van der Waals surface area contributed by atoms with Crippen molar-refractivity contribution in [1.29, 1.82) is 0 Å². The van der Waals surface area contributed by atoms with Gasteiger partial charge in [0.2, 0.25) is 0 Å². The van der Waals surface area contributed by atoms with Gasteiger partial charge in [-0.05, 0) is 96.3 Å². The molecule has 6 nitrogen and oxygen atoms in total. The van der Waals surface area contributed by atoms with Gasteiger partial charge >= 0.3 is 17.9 Å². The van der Waals surface area contributed by atoms with E-state index >= 15 is 0 Å². The van der Waals surface area contributed by atoms with E-state index in [-0.39, 0.29) is 31.1 Å². The summed E-state index contributed by atoms with van der Waals surface area (Å²) in [5.74, 6) is -0.907. The van der Waals surface area contributed by atoms with Crippen molar-refractivity contribution < 1.29 is 28.6 Å². The van der Waals surface area contributed by atoms with Crippen LogP contribution in [0.25, 0.3) is 0 Å². The number of carbonyl (C=O) groups is 3. The van der Waals surface area contributed by atoms with E-state index in [9.17, 15) is 14.4 Å². The van der Waals surface area contributed by atoms with Gasteiger partial charge in [0.1, 0.15) is 13.2 Å². The quantitative estimate of drug-likeness (QED) is 0.0262. The maximum Gasteiger partial charge on any atom is 0.306 e. The maximum absolute atomic E-state index is 12.7. The second kappa shape index (κ2) is 52.2. The third kappa shape index (κ3) is 49.6. The number of esters is 3. The molecule has 1 unspecified atom stereocenters. The first-order valence-electron chi connectivity index (χ1n) is 26.6. The summed E-state index contributed by atoms with van der Waals surface area (Å²) in [7, 11) is 0. The van der Waals surface area contributed by atoms with E-state index < -0.39 is 6.10 Å². The van der Waals surface area contributed by atoms with E-state index in [2.05, 4.69) is 106 Å². The maximum atomic E-state index is 12.7. The smallest absolute Gasteiger partial charge is 0.306 e. The summed E-state index contributed by atoms with van der Waals surface area (Å²) in [4.78, 5) is 37.8. The van der Waals surface area contributed by atoms with E-state index in [0.29, 0.717) is 19.3 Å². The van der Waals surface area contributed by atoms with Gasteiger partial charge in [0.15, 0.2) is 6.10 Å². The molecule has 0 fully saturated rings. The van der Waals surface area contributed by atoms with Gasteiger partial charge in [-0.15, -0.1) is 0 Å². The number of hydrogen-bond acceptors (Lipinski definition) is 6. The minimum absolute atomic E-state index is 0.0816. The molecular weight excluding hydrogens is 793 g/mol. The van der Waals surface area contributed by atoms with E-state index in [1.807, 2.05) is 0 Å². The van der Waals surface area contributed by atoms with E-state index in [1.165, 1.54) is 89.9 Å². The first-order valence-corrected chi connectivity index (χ1v) is 26.6. The SMILES string of the molecule is CC/C=C\C/C=C\C/C=C\C/C=C\C/C=C\C/C=C\CCCCCCCCCCC(=O)OCC(COC(=O)CCCCCCCCC)OC(=O)CCCCCCC/C=C\CCCCC. The summed E-state index contributed by atoms with van der Waals surface area (Å²) in [6, 6.07) is 0. The predicted octanol–water partition coefficient (Wildman–Crippen LogP) is 17.6. The van der Waals surface area contributed by atoms with Crippen molar-refractivity contribution in [2.75, 3.05) is 13.2 Å². The number of allylic oxidation sites excluding steroid dienone is 14. The van der Waals surface area contributed by atoms with Gasteiger partial charge in [-0.1, -0.05) is 215 Å². The summed E-state index contributed by atoms with van der Waals surface area (Å²) in [5, 5.41) is 0. The Balaban J connectivity index is 4.17. The van der Waals surface area contributed by atoms with Crippen LogP contribution in [0.5, 0.6) is 0 Å². The molecule has 0 aliphatic rings. The largest absolute Gasteiger partial charge is 0.462 e. The van der Waals surface area contributed by atoms with Crippen LogP contribution in [0.15, 0.2) is 85.1 Å². The standard InChI is InChI=1S/C58H98O6/c1-4-7-10-13-16-18-20-22-23-24-25-26-27-28-29-30-31-32-33-34-35-36-38-39-42-45-48-51-57(60)63-54-55(53-62-56(59)50-47-44-41-15-12-9-6-3)64-58(61)52-49-46-43-40-37-21-19-17-14-11-8-5-2/h7,10,16-19,22-23,25-26,28-29,31-32,55H,4-6,8-9,11-15,20-21,24,27,30,33-54H2,1-3H3/b10-7-,18-16-,19-17-,23-22-,26-25-,29-28-,32-31-. The predicted molar refractivity (Wildman–Crippen MR) is 274 cm³/mol. The van der Waals surface area contributed by atoms with Crippen molar-refractivity contribution in [1.82, 2.24) is 0 Å². The Labute approximate surface area is 395 Å². The molecule has 0 saturated heterocycles. The molecule has 0 aliphatic heterocycles. The lowest BCUT2D eigenvalue weighted by molar-refractivity contribution is -0.167. The third-order valence-corrected chi connectivity index (χ3v) is 11.1. The molecular formula is C58H98O6. The molecule has 366 valence electrons. The summed E-state index contributed by atoms with van der Waals surface area (Å²) in [6.45, 7) is 6.44. The highest BCUT2D eigenvalue weighted by atomic mass is 16.6. The van der Waals surface area contributed by atoms with Crippen molar-refractivity contribution in [3.8, 4) is 0 Å². The molecule has 0 rings (SSSR count). The highest BCUT2D eigenvalue weighted by Crippen LogP contribution is 2.14. The molecule has 0 aromatic carbocycles. The van der Waals surface area contributed by atoms with Crippen LogP contribution in [-0.4, -0.2) is 37.2 Å². The van der Waals surface area contributed by atoms with Crippen molar-refractivity contribution in [3.63, 3.8) is 0 Å². The summed E-state index contributed by atoms with van der Waals surface area (Å²) in [6.07, 6.45) is 67.3.